The highest BCUT2D eigenvalue weighted by atomic mass is 32.1. The van der Waals surface area contributed by atoms with E-state index < -0.39 is 5.97 Å². The van der Waals surface area contributed by atoms with Crippen LogP contribution in [0.2, 0.25) is 0 Å². The second-order valence-corrected chi connectivity index (χ2v) is 8.38. The Bertz CT molecular complexity index is 1190. The number of nitrogens with one attached hydrogen (secondary N) is 1. The number of hydrogen-bond acceptors (Lipinski definition) is 4. The molecular formula is C25H23N2O2S-. The minimum Gasteiger partial charge on any atom is -0.543 e. The number of aryl methyl sites for hydroxylation is 1. The summed E-state index contributed by atoms with van der Waals surface area (Å²) in [6, 6.07) is 18.1. The highest BCUT2D eigenvalue weighted by Gasteiger charge is 2.18. The van der Waals surface area contributed by atoms with Crippen molar-refractivity contribution in [3.8, 4) is 0 Å². The Morgan fingerprint density at radius 3 is 2.63 bits per heavy atom. The van der Waals surface area contributed by atoms with Crippen LogP contribution in [0, 0.1) is 6.92 Å². The Kier molecular flexibility index (Phi) is 5.84. The SMILES string of the molecule is C=Cc1ccc(Cn2c(C(=O)[O-])c(CNCc3cccs3)c3ccc(C)cc32)cc1. The van der Waals surface area contributed by atoms with Crippen LogP contribution in [-0.4, -0.2) is 10.5 Å². The molecule has 152 valence electrons. The van der Waals surface area contributed by atoms with Gasteiger partial charge in [-0.25, -0.2) is 0 Å². The van der Waals surface area contributed by atoms with Crippen LogP contribution in [0.25, 0.3) is 17.0 Å². The van der Waals surface area contributed by atoms with Gasteiger partial charge in [-0.05, 0) is 41.1 Å². The Hall–Kier alpha value is -3.15. The molecule has 0 radical (unpaired) electrons. The fourth-order valence-corrected chi connectivity index (χ4v) is 4.45. The van der Waals surface area contributed by atoms with Crippen LogP contribution in [0.15, 0.2) is 66.6 Å². The van der Waals surface area contributed by atoms with E-state index >= 15 is 0 Å². The van der Waals surface area contributed by atoms with Crippen LogP contribution in [0.5, 0.6) is 0 Å². The minimum absolute atomic E-state index is 0.238. The molecule has 0 bridgehead atoms. The van der Waals surface area contributed by atoms with E-state index in [-0.39, 0.29) is 5.69 Å². The Morgan fingerprint density at radius 2 is 1.97 bits per heavy atom. The fourth-order valence-electron chi connectivity index (χ4n) is 3.77. The molecule has 0 atom stereocenters. The molecule has 0 saturated heterocycles. The molecular weight excluding hydrogens is 392 g/mol. The molecule has 2 aromatic carbocycles. The van der Waals surface area contributed by atoms with Crippen LogP contribution < -0.4 is 10.4 Å². The van der Waals surface area contributed by atoms with Crippen molar-refractivity contribution in [2.24, 2.45) is 0 Å². The summed E-state index contributed by atoms with van der Waals surface area (Å²) < 4.78 is 1.86. The third-order valence-corrected chi connectivity index (χ3v) is 6.13. The van der Waals surface area contributed by atoms with Gasteiger partial charge in [0.05, 0.1) is 11.7 Å². The average molecular weight is 416 g/mol. The third kappa shape index (κ3) is 4.08. The summed E-state index contributed by atoms with van der Waals surface area (Å²) in [5.41, 5.74) is 5.07. The fraction of sp³-hybridized carbons (Fsp3) is 0.160. The van der Waals surface area contributed by atoms with Crippen molar-refractivity contribution in [3.05, 3.63) is 99.4 Å². The number of nitrogens with zero attached hydrogens (tertiary/aromatic N) is 1. The van der Waals surface area contributed by atoms with Crippen molar-refractivity contribution in [2.75, 3.05) is 0 Å². The molecule has 2 aromatic heterocycles. The van der Waals surface area contributed by atoms with E-state index in [0.29, 0.717) is 19.6 Å². The van der Waals surface area contributed by atoms with E-state index in [4.69, 9.17) is 0 Å². The van der Waals surface area contributed by atoms with Crippen molar-refractivity contribution in [1.29, 1.82) is 0 Å². The normalized spacial score (nSPS) is 11.1. The number of carbonyl (C=O) groups excluding carboxylic acids is 1. The standard InChI is InChI=1S/C25H24N2O2S/c1-3-18-7-9-19(10-8-18)16-27-23-13-17(2)6-11-21(23)22(24(27)25(28)29)15-26-14-20-5-4-12-30-20/h3-13,26H,1,14-16H2,2H3,(H,28,29)/p-1. The molecule has 0 saturated carbocycles. The maximum absolute atomic E-state index is 12.2. The van der Waals surface area contributed by atoms with E-state index in [9.17, 15) is 9.90 Å². The lowest BCUT2D eigenvalue weighted by molar-refractivity contribution is -0.255. The maximum Gasteiger partial charge on any atom is 0.0884 e. The topological polar surface area (TPSA) is 57.1 Å². The highest BCUT2D eigenvalue weighted by Crippen LogP contribution is 2.28. The van der Waals surface area contributed by atoms with Crippen molar-refractivity contribution >= 4 is 34.3 Å². The molecule has 1 N–H and O–H groups in total. The molecule has 5 heteroatoms. The molecule has 4 aromatic rings. The second-order valence-electron chi connectivity index (χ2n) is 7.35. The number of carbonyl (C=O) groups is 1. The average Bonchev–Trinajstić information content (AvgIpc) is 3.35. The lowest BCUT2D eigenvalue weighted by atomic mass is 10.1. The van der Waals surface area contributed by atoms with Gasteiger partial charge < -0.3 is 19.8 Å². The third-order valence-electron chi connectivity index (χ3n) is 5.26. The summed E-state index contributed by atoms with van der Waals surface area (Å²) in [6.45, 7) is 7.43. The largest absolute Gasteiger partial charge is 0.543 e. The number of fused-ring (bicyclic) bond motifs is 1. The first-order chi connectivity index (χ1) is 14.6. The first-order valence-electron chi connectivity index (χ1n) is 9.84. The van der Waals surface area contributed by atoms with Crippen LogP contribution in [-0.2, 0) is 19.6 Å². The second kappa shape index (κ2) is 8.69. The summed E-state index contributed by atoms with van der Waals surface area (Å²) in [7, 11) is 0. The molecule has 4 rings (SSSR count). The van der Waals surface area contributed by atoms with Crippen LogP contribution in [0.3, 0.4) is 0 Å². The number of carboxylic acids is 1. The molecule has 0 fully saturated rings. The van der Waals surface area contributed by atoms with Crippen molar-refractivity contribution in [2.45, 2.75) is 26.6 Å². The van der Waals surface area contributed by atoms with E-state index in [2.05, 4.69) is 18.0 Å². The van der Waals surface area contributed by atoms with E-state index in [0.717, 1.165) is 33.2 Å². The van der Waals surface area contributed by atoms with Gasteiger partial charge in [0.1, 0.15) is 0 Å². The molecule has 0 amide bonds. The van der Waals surface area contributed by atoms with Gasteiger partial charge in [0.15, 0.2) is 0 Å². The van der Waals surface area contributed by atoms with Crippen molar-refractivity contribution < 1.29 is 9.90 Å². The number of hydrogen-bond donors (Lipinski definition) is 1. The molecule has 0 aliphatic heterocycles. The van der Waals surface area contributed by atoms with Gasteiger partial charge in [0.25, 0.3) is 0 Å². The van der Waals surface area contributed by atoms with Gasteiger partial charge in [0.2, 0.25) is 0 Å². The number of benzene rings is 2. The smallest absolute Gasteiger partial charge is 0.0884 e. The van der Waals surface area contributed by atoms with Crippen molar-refractivity contribution in [3.63, 3.8) is 0 Å². The van der Waals surface area contributed by atoms with Gasteiger partial charge in [-0.1, -0.05) is 55.1 Å². The van der Waals surface area contributed by atoms with Gasteiger partial charge in [-0.15, -0.1) is 11.3 Å². The Morgan fingerprint density at radius 1 is 1.17 bits per heavy atom. The molecule has 0 aliphatic rings. The number of aromatic carboxylic acids is 1. The number of aromatic nitrogens is 1. The minimum atomic E-state index is -1.15. The summed E-state index contributed by atoms with van der Waals surface area (Å²) >= 11 is 1.68. The first-order valence-corrected chi connectivity index (χ1v) is 10.7. The predicted molar refractivity (Wildman–Crippen MR) is 122 cm³/mol. The van der Waals surface area contributed by atoms with Crippen molar-refractivity contribution in [1.82, 2.24) is 9.88 Å². The summed E-state index contributed by atoms with van der Waals surface area (Å²) in [5.74, 6) is -1.15. The number of thiophene rings is 1. The lowest BCUT2D eigenvalue weighted by Crippen LogP contribution is -2.28. The molecule has 0 unspecified atom stereocenters. The van der Waals surface area contributed by atoms with Gasteiger partial charge in [-0.3, -0.25) is 0 Å². The highest BCUT2D eigenvalue weighted by molar-refractivity contribution is 7.09. The van der Waals surface area contributed by atoms with Gasteiger partial charge >= 0.3 is 0 Å². The monoisotopic (exact) mass is 415 g/mol. The molecule has 2 heterocycles. The molecule has 0 spiro atoms. The first kappa shape index (κ1) is 20.1. The van der Waals surface area contributed by atoms with Crippen LogP contribution >= 0.6 is 11.3 Å². The zero-order valence-corrected chi connectivity index (χ0v) is 17.7. The zero-order valence-electron chi connectivity index (χ0n) is 16.9. The summed E-state index contributed by atoms with van der Waals surface area (Å²) in [6.07, 6.45) is 1.79. The Balaban J connectivity index is 1.75. The number of rotatable bonds is 8. The maximum atomic E-state index is 12.2. The molecule has 0 aliphatic carbocycles. The molecule has 4 nitrogen and oxygen atoms in total. The quantitative estimate of drug-likeness (QED) is 0.465. The van der Waals surface area contributed by atoms with Crippen LogP contribution in [0.4, 0.5) is 0 Å². The molecule has 30 heavy (non-hydrogen) atoms. The van der Waals surface area contributed by atoms with Gasteiger partial charge in [0, 0.05) is 41.0 Å². The zero-order chi connectivity index (χ0) is 21.1. The lowest BCUT2D eigenvalue weighted by Gasteiger charge is -2.14. The van der Waals surface area contributed by atoms with Crippen LogP contribution in [0.1, 0.15) is 37.6 Å². The number of carboxylic acid groups (broad SMARTS) is 1. The van der Waals surface area contributed by atoms with Gasteiger partial charge in [-0.2, -0.15) is 0 Å². The van der Waals surface area contributed by atoms with E-state index in [1.54, 1.807) is 17.4 Å². The predicted octanol–water partition coefficient (Wildman–Crippen LogP) is 4.36. The van der Waals surface area contributed by atoms with E-state index in [1.807, 2.05) is 65.4 Å². The summed E-state index contributed by atoms with van der Waals surface area (Å²) in [5, 5.41) is 18.6. The summed E-state index contributed by atoms with van der Waals surface area (Å²) in [4.78, 5) is 13.4. The van der Waals surface area contributed by atoms with E-state index in [1.165, 1.54) is 4.88 Å². The Labute approximate surface area is 180 Å².